The van der Waals surface area contributed by atoms with Crippen molar-refractivity contribution in [3.63, 3.8) is 0 Å². The molecule has 0 spiro atoms. The van der Waals surface area contributed by atoms with Crippen LogP contribution in [0.15, 0.2) is 23.3 Å². The lowest BCUT2D eigenvalue weighted by atomic mass is 9.59. The molecule has 0 unspecified atom stereocenters. The van der Waals surface area contributed by atoms with Crippen LogP contribution >= 0.6 is 0 Å². The summed E-state index contributed by atoms with van der Waals surface area (Å²) in [7, 11) is 0. The van der Waals surface area contributed by atoms with Crippen molar-refractivity contribution in [3.05, 3.63) is 23.3 Å². The summed E-state index contributed by atoms with van der Waals surface area (Å²) in [5.41, 5.74) is 3.60. The predicted molar refractivity (Wildman–Crippen MR) is 69.6 cm³/mol. The fourth-order valence-corrected chi connectivity index (χ4v) is 3.58. The SMILES string of the molecule is C=C(C)[C@@H]1CC[C@]2(CO)C(=C(C)CC[C@H]2O)C1. The molecule has 2 rings (SSSR count). The number of hydrogen-bond acceptors (Lipinski definition) is 2. The van der Waals surface area contributed by atoms with E-state index in [1.54, 1.807) is 0 Å². The van der Waals surface area contributed by atoms with Crippen molar-refractivity contribution in [1.29, 1.82) is 0 Å². The quantitative estimate of drug-likeness (QED) is 0.724. The summed E-state index contributed by atoms with van der Waals surface area (Å²) in [6, 6.07) is 0. The largest absolute Gasteiger partial charge is 0.395 e. The van der Waals surface area contributed by atoms with E-state index in [-0.39, 0.29) is 18.1 Å². The van der Waals surface area contributed by atoms with Gasteiger partial charge in [0.15, 0.2) is 0 Å². The molecule has 1 fully saturated rings. The summed E-state index contributed by atoms with van der Waals surface area (Å²) < 4.78 is 0. The first-order valence-corrected chi connectivity index (χ1v) is 6.64. The van der Waals surface area contributed by atoms with Crippen LogP contribution in [0.3, 0.4) is 0 Å². The van der Waals surface area contributed by atoms with Gasteiger partial charge in [-0.2, -0.15) is 0 Å². The molecule has 2 aliphatic rings. The number of hydrogen-bond donors (Lipinski definition) is 2. The van der Waals surface area contributed by atoms with Crippen LogP contribution in [0.25, 0.3) is 0 Å². The van der Waals surface area contributed by atoms with Gasteiger partial charge < -0.3 is 10.2 Å². The van der Waals surface area contributed by atoms with Gasteiger partial charge >= 0.3 is 0 Å². The zero-order valence-corrected chi connectivity index (χ0v) is 11.0. The summed E-state index contributed by atoms with van der Waals surface area (Å²) in [6.07, 6.45) is 4.34. The average Bonchev–Trinajstić information content (AvgIpc) is 2.33. The minimum absolute atomic E-state index is 0.0871. The maximum absolute atomic E-state index is 10.3. The summed E-state index contributed by atoms with van der Waals surface area (Å²) in [4.78, 5) is 0. The van der Waals surface area contributed by atoms with E-state index in [1.807, 2.05) is 0 Å². The van der Waals surface area contributed by atoms with Crippen LogP contribution in [0, 0.1) is 11.3 Å². The molecule has 2 heteroatoms. The van der Waals surface area contributed by atoms with Crippen LogP contribution in [0.5, 0.6) is 0 Å². The Balaban J connectivity index is 2.35. The maximum atomic E-state index is 10.3. The van der Waals surface area contributed by atoms with Gasteiger partial charge in [0.1, 0.15) is 0 Å². The van der Waals surface area contributed by atoms with Gasteiger partial charge in [-0.15, -0.1) is 0 Å². The molecule has 0 amide bonds. The van der Waals surface area contributed by atoms with Gasteiger partial charge in [0.25, 0.3) is 0 Å². The first-order chi connectivity index (χ1) is 8.01. The van der Waals surface area contributed by atoms with E-state index in [9.17, 15) is 10.2 Å². The smallest absolute Gasteiger partial charge is 0.0658 e. The van der Waals surface area contributed by atoms with Gasteiger partial charge in [0.05, 0.1) is 12.7 Å². The molecule has 0 heterocycles. The van der Waals surface area contributed by atoms with Crippen LogP contribution in [0.4, 0.5) is 0 Å². The first-order valence-electron chi connectivity index (χ1n) is 6.64. The lowest BCUT2D eigenvalue weighted by molar-refractivity contribution is -0.0249. The Morgan fingerprint density at radius 3 is 2.76 bits per heavy atom. The van der Waals surface area contributed by atoms with Crippen LogP contribution in [-0.2, 0) is 0 Å². The molecule has 0 aromatic rings. The summed E-state index contributed by atoms with van der Waals surface area (Å²) in [5.74, 6) is 0.532. The molecule has 0 radical (unpaired) electrons. The minimum atomic E-state index is -0.364. The molecular weight excluding hydrogens is 212 g/mol. The van der Waals surface area contributed by atoms with E-state index in [2.05, 4.69) is 20.4 Å². The van der Waals surface area contributed by atoms with Gasteiger partial charge in [-0.25, -0.2) is 0 Å². The van der Waals surface area contributed by atoms with Crippen LogP contribution in [0.1, 0.15) is 46.0 Å². The summed E-state index contributed by atoms with van der Waals surface area (Å²) in [6.45, 7) is 8.40. The zero-order valence-electron chi connectivity index (χ0n) is 11.0. The second-order valence-electron chi connectivity index (χ2n) is 5.91. The standard InChI is InChI=1S/C15H24O2/c1-10(2)12-6-7-15(9-16)13(8-12)11(3)4-5-14(15)17/h12,14,16-17H,1,4-9H2,2-3H3/t12-,14-,15+/m1/s1. The highest BCUT2D eigenvalue weighted by Crippen LogP contribution is 2.52. The third-order valence-corrected chi connectivity index (χ3v) is 4.92. The molecule has 0 bridgehead atoms. The molecule has 96 valence electrons. The van der Waals surface area contributed by atoms with E-state index in [1.165, 1.54) is 16.7 Å². The Hall–Kier alpha value is -0.600. The van der Waals surface area contributed by atoms with Crippen molar-refractivity contribution in [2.45, 2.75) is 52.1 Å². The molecule has 0 saturated heterocycles. The van der Waals surface area contributed by atoms with Gasteiger partial charge in [-0.1, -0.05) is 23.3 Å². The lowest BCUT2D eigenvalue weighted by Gasteiger charge is -2.48. The molecule has 2 N–H and O–H groups in total. The zero-order chi connectivity index (χ0) is 12.6. The van der Waals surface area contributed by atoms with Crippen LogP contribution < -0.4 is 0 Å². The van der Waals surface area contributed by atoms with Crippen molar-refractivity contribution in [2.75, 3.05) is 6.61 Å². The Morgan fingerprint density at radius 2 is 2.18 bits per heavy atom. The number of allylic oxidation sites excluding steroid dienone is 2. The number of aliphatic hydroxyl groups is 2. The van der Waals surface area contributed by atoms with Crippen LogP contribution in [-0.4, -0.2) is 22.9 Å². The molecule has 0 aromatic carbocycles. The van der Waals surface area contributed by atoms with Gasteiger partial charge in [0, 0.05) is 5.41 Å². The maximum Gasteiger partial charge on any atom is 0.0658 e. The van der Waals surface area contributed by atoms with Gasteiger partial charge in [-0.3, -0.25) is 0 Å². The highest BCUT2D eigenvalue weighted by molar-refractivity contribution is 5.30. The van der Waals surface area contributed by atoms with Crippen molar-refractivity contribution >= 4 is 0 Å². The third kappa shape index (κ3) is 1.98. The molecular formula is C15H24O2. The molecule has 2 nitrogen and oxygen atoms in total. The monoisotopic (exact) mass is 236 g/mol. The summed E-state index contributed by atoms with van der Waals surface area (Å²) in [5, 5.41) is 20.1. The molecule has 0 aromatic heterocycles. The normalized spacial score (nSPS) is 37.9. The average molecular weight is 236 g/mol. The van der Waals surface area contributed by atoms with Crippen molar-refractivity contribution in [2.24, 2.45) is 11.3 Å². The highest BCUT2D eigenvalue weighted by Gasteiger charge is 2.47. The third-order valence-electron chi connectivity index (χ3n) is 4.92. The lowest BCUT2D eigenvalue weighted by Crippen LogP contribution is -2.46. The predicted octanol–water partition coefficient (Wildman–Crippen LogP) is 2.81. The van der Waals surface area contributed by atoms with Gasteiger partial charge in [0.2, 0.25) is 0 Å². The van der Waals surface area contributed by atoms with Crippen molar-refractivity contribution in [3.8, 4) is 0 Å². The van der Waals surface area contributed by atoms with Crippen LogP contribution in [0.2, 0.25) is 0 Å². The molecule has 2 aliphatic carbocycles. The van der Waals surface area contributed by atoms with Crippen molar-refractivity contribution < 1.29 is 10.2 Å². The Morgan fingerprint density at radius 1 is 1.47 bits per heavy atom. The first kappa shape index (κ1) is 12.8. The van der Waals surface area contributed by atoms with Gasteiger partial charge in [-0.05, 0) is 51.9 Å². The highest BCUT2D eigenvalue weighted by atomic mass is 16.3. The van der Waals surface area contributed by atoms with E-state index in [0.29, 0.717) is 5.92 Å². The fourth-order valence-electron chi connectivity index (χ4n) is 3.58. The fraction of sp³-hybridized carbons (Fsp3) is 0.733. The van der Waals surface area contributed by atoms with E-state index < -0.39 is 0 Å². The molecule has 17 heavy (non-hydrogen) atoms. The molecule has 1 saturated carbocycles. The Bertz CT molecular complexity index is 356. The second-order valence-corrected chi connectivity index (χ2v) is 5.91. The number of fused-ring (bicyclic) bond motifs is 1. The summed E-state index contributed by atoms with van der Waals surface area (Å²) >= 11 is 0. The Labute approximate surface area is 104 Å². The van der Waals surface area contributed by atoms with E-state index in [0.717, 1.165) is 32.1 Å². The van der Waals surface area contributed by atoms with E-state index >= 15 is 0 Å². The molecule has 0 aliphatic heterocycles. The number of aliphatic hydroxyl groups excluding tert-OH is 2. The minimum Gasteiger partial charge on any atom is -0.395 e. The molecule has 3 atom stereocenters. The van der Waals surface area contributed by atoms with Crippen molar-refractivity contribution in [1.82, 2.24) is 0 Å². The number of rotatable bonds is 2. The topological polar surface area (TPSA) is 40.5 Å². The Kier molecular flexibility index (Phi) is 3.46. The second kappa shape index (κ2) is 4.58. The van der Waals surface area contributed by atoms with E-state index in [4.69, 9.17) is 0 Å².